The van der Waals surface area contributed by atoms with Crippen LogP contribution in [0.2, 0.25) is 0 Å². The first-order valence-corrected chi connectivity index (χ1v) is 4.86. The van der Waals surface area contributed by atoms with Crippen molar-refractivity contribution in [1.29, 1.82) is 0 Å². The summed E-state index contributed by atoms with van der Waals surface area (Å²) >= 11 is 5.04. The topological polar surface area (TPSA) is 33.3 Å². The molecule has 0 aromatic rings. The Morgan fingerprint density at radius 1 is 1.58 bits per heavy atom. The Hall–Kier alpha value is -0.350. The van der Waals surface area contributed by atoms with E-state index < -0.39 is 0 Å². The number of ether oxygens (including phenoxy) is 1. The van der Waals surface area contributed by atoms with Crippen LogP contribution >= 0.6 is 12.2 Å². The predicted octanol–water partition coefficient (Wildman–Crippen LogP) is 0.649. The summed E-state index contributed by atoms with van der Waals surface area (Å²) in [6.07, 6.45) is 2.51. The molecule has 3 nitrogen and oxygen atoms in total. The van der Waals surface area contributed by atoms with E-state index in [9.17, 15) is 0 Å². The molecular formula is C8H16N2OS. The van der Waals surface area contributed by atoms with Gasteiger partial charge in [0, 0.05) is 19.2 Å². The van der Waals surface area contributed by atoms with Crippen molar-refractivity contribution in [2.75, 3.05) is 19.8 Å². The minimum Gasteiger partial charge on any atom is -0.380 e. The van der Waals surface area contributed by atoms with Crippen LogP contribution in [0.3, 0.4) is 0 Å². The Kier molecular flexibility index (Phi) is 4.32. The van der Waals surface area contributed by atoms with Gasteiger partial charge in [-0.2, -0.15) is 0 Å². The van der Waals surface area contributed by atoms with Gasteiger partial charge in [-0.05, 0) is 32.0 Å². The van der Waals surface area contributed by atoms with Crippen LogP contribution in [0.5, 0.6) is 0 Å². The number of rotatable bonds is 5. The van der Waals surface area contributed by atoms with E-state index in [4.69, 9.17) is 17.0 Å². The zero-order chi connectivity index (χ0) is 8.81. The van der Waals surface area contributed by atoms with Crippen molar-refractivity contribution in [2.45, 2.75) is 25.8 Å². The lowest BCUT2D eigenvalue weighted by Crippen LogP contribution is -2.38. The molecule has 0 radical (unpaired) electrons. The molecule has 1 fully saturated rings. The number of hydrogen-bond acceptors (Lipinski definition) is 2. The Balaban J connectivity index is 1.87. The second kappa shape index (κ2) is 5.32. The lowest BCUT2D eigenvalue weighted by atomic mass is 10.6. The monoisotopic (exact) mass is 188 g/mol. The van der Waals surface area contributed by atoms with Gasteiger partial charge in [-0.15, -0.1) is 0 Å². The van der Waals surface area contributed by atoms with Crippen molar-refractivity contribution in [1.82, 2.24) is 10.6 Å². The average Bonchev–Trinajstić information content (AvgIpc) is 2.82. The fourth-order valence-electron chi connectivity index (χ4n) is 0.845. The van der Waals surface area contributed by atoms with Gasteiger partial charge >= 0.3 is 0 Å². The number of hydrogen-bond donors (Lipinski definition) is 2. The molecule has 0 bridgehead atoms. The van der Waals surface area contributed by atoms with Crippen LogP contribution in [-0.4, -0.2) is 30.9 Å². The third kappa shape index (κ3) is 4.51. The van der Waals surface area contributed by atoms with E-state index in [0.717, 1.165) is 24.9 Å². The SMILES string of the molecule is CCOCCNC(=S)NC1CC1. The Labute approximate surface area is 78.9 Å². The van der Waals surface area contributed by atoms with Crippen molar-refractivity contribution < 1.29 is 4.74 Å². The van der Waals surface area contributed by atoms with Crippen LogP contribution in [0.1, 0.15) is 19.8 Å². The maximum atomic E-state index is 5.15. The van der Waals surface area contributed by atoms with E-state index in [-0.39, 0.29) is 0 Å². The highest BCUT2D eigenvalue weighted by Gasteiger charge is 2.21. The molecular weight excluding hydrogens is 172 g/mol. The van der Waals surface area contributed by atoms with Gasteiger partial charge in [-0.25, -0.2) is 0 Å². The van der Waals surface area contributed by atoms with Crippen molar-refractivity contribution in [2.24, 2.45) is 0 Å². The summed E-state index contributed by atoms with van der Waals surface area (Å²) in [6, 6.07) is 0.636. The van der Waals surface area contributed by atoms with Gasteiger partial charge < -0.3 is 15.4 Å². The summed E-state index contributed by atoms with van der Waals surface area (Å²) in [6.45, 7) is 4.28. The molecule has 2 N–H and O–H groups in total. The van der Waals surface area contributed by atoms with E-state index >= 15 is 0 Å². The van der Waals surface area contributed by atoms with E-state index in [1.807, 2.05) is 6.92 Å². The maximum Gasteiger partial charge on any atom is 0.166 e. The van der Waals surface area contributed by atoms with Gasteiger partial charge in [0.2, 0.25) is 0 Å². The third-order valence-corrected chi connectivity index (χ3v) is 1.91. The molecule has 0 amide bonds. The van der Waals surface area contributed by atoms with Gasteiger partial charge in [0.25, 0.3) is 0 Å². The molecule has 1 saturated carbocycles. The first-order valence-electron chi connectivity index (χ1n) is 4.45. The molecule has 12 heavy (non-hydrogen) atoms. The largest absolute Gasteiger partial charge is 0.380 e. The predicted molar refractivity (Wildman–Crippen MR) is 53.3 cm³/mol. The second-order valence-electron chi connectivity index (χ2n) is 2.87. The Morgan fingerprint density at radius 3 is 2.92 bits per heavy atom. The normalized spacial score (nSPS) is 15.8. The van der Waals surface area contributed by atoms with Gasteiger partial charge in [0.15, 0.2) is 5.11 Å². The number of thiocarbonyl (C=S) groups is 1. The molecule has 0 saturated heterocycles. The molecule has 0 atom stereocenters. The summed E-state index contributed by atoms with van der Waals surface area (Å²) < 4.78 is 5.15. The van der Waals surface area contributed by atoms with Gasteiger partial charge in [0.1, 0.15) is 0 Å². The van der Waals surface area contributed by atoms with Gasteiger partial charge in [-0.1, -0.05) is 0 Å². The molecule has 0 aliphatic heterocycles. The van der Waals surface area contributed by atoms with Gasteiger partial charge in [-0.3, -0.25) is 0 Å². The summed E-state index contributed by atoms with van der Waals surface area (Å²) in [5, 5.41) is 7.04. The molecule has 0 heterocycles. The fourth-order valence-corrected chi connectivity index (χ4v) is 1.11. The first kappa shape index (κ1) is 9.74. The molecule has 1 aliphatic carbocycles. The van der Waals surface area contributed by atoms with E-state index in [0.29, 0.717) is 6.04 Å². The molecule has 0 unspecified atom stereocenters. The van der Waals surface area contributed by atoms with E-state index in [1.54, 1.807) is 0 Å². The molecule has 70 valence electrons. The second-order valence-corrected chi connectivity index (χ2v) is 3.28. The van der Waals surface area contributed by atoms with Crippen LogP contribution in [0.4, 0.5) is 0 Å². The van der Waals surface area contributed by atoms with Crippen molar-refractivity contribution in [3.63, 3.8) is 0 Å². The standard InChI is InChI=1S/C8H16N2OS/c1-2-11-6-5-9-8(12)10-7-3-4-7/h7H,2-6H2,1H3,(H2,9,10,12). The first-order chi connectivity index (χ1) is 5.83. The molecule has 4 heteroatoms. The highest BCUT2D eigenvalue weighted by molar-refractivity contribution is 7.80. The highest BCUT2D eigenvalue weighted by atomic mass is 32.1. The number of nitrogens with one attached hydrogen (secondary N) is 2. The van der Waals surface area contributed by atoms with E-state index in [1.165, 1.54) is 12.8 Å². The zero-order valence-corrected chi connectivity index (χ0v) is 8.25. The molecule has 0 aromatic heterocycles. The Bertz CT molecular complexity index is 148. The molecule has 0 spiro atoms. The lowest BCUT2D eigenvalue weighted by molar-refractivity contribution is 0.152. The Morgan fingerprint density at radius 2 is 2.33 bits per heavy atom. The molecule has 1 rings (SSSR count). The summed E-state index contributed by atoms with van der Waals surface area (Å²) in [5.74, 6) is 0. The minimum absolute atomic E-state index is 0.636. The van der Waals surface area contributed by atoms with Gasteiger partial charge in [0.05, 0.1) is 6.61 Å². The van der Waals surface area contributed by atoms with Crippen molar-refractivity contribution in [3.05, 3.63) is 0 Å². The third-order valence-electron chi connectivity index (χ3n) is 1.65. The van der Waals surface area contributed by atoms with Crippen molar-refractivity contribution >= 4 is 17.3 Å². The smallest absolute Gasteiger partial charge is 0.166 e. The summed E-state index contributed by atoms with van der Waals surface area (Å²) in [7, 11) is 0. The van der Waals surface area contributed by atoms with Crippen molar-refractivity contribution in [3.8, 4) is 0 Å². The maximum absolute atomic E-state index is 5.15. The van der Waals surface area contributed by atoms with E-state index in [2.05, 4.69) is 10.6 Å². The molecule has 0 aromatic carbocycles. The van der Waals surface area contributed by atoms with Crippen LogP contribution in [0, 0.1) is 0 Å². The minimum atomic E-state index is 0.636. The molecule has 1 aliphatic rings. The van der Waals surface area contributed by atoms with Crippen LogP contribution in [0.15, 0.2) is 0 Å². The summed E-state index contributed by atoms with van der Waals surface area (Å²) in [4.78, 5) is 0. The zero-order valence-electron chi connectivity index (χ0n) is 7.43. The van der Waals surface area contributed by atoms with Crippen LogP contribution in [0.25, 0.3) is 0 Å². The average molecular weight is 188 g/mol. The lowest BCUT2D eigenvalue weighted by Gasteiger charge is -2.08. The fraction of sp³-hybridized carbons (Fsp3) is 0.875. The summed E-state index contributed by atoms with van der Waals surface area (Å²) in [5.41, 5.74) is 0. The highest BCUT2D eigenvalue weighted by Crippen LogP contribution is 2.18. The quantitative estimate of drug-likeness (QED) is 0.490. The van der Waals surface area contributed by atoms with Crippen LogP contribution in [-0.2, 0) is 4.74 Å². The van der Waals surface area contributed by atoms with Crippen LogP contribution < -0.4 is 10.6 Å².